The summed E-state index contributed by atoms with van der Waals surface area (Å²) < 4.78 is 1.11. The molecule has 0 aliphatic carbocycles. The molecule has 0 aliphatic rings. The summed E-state index contributed by atoms with van der Waals surface area (Å²) in [7, 11) is 0. The Labute approximate surface area is 109 Å². The predicted molar refractivity (Wildman–Crippen MR) is 70.3 cm³/mol. The van der Waals surface area contributed by atoms with Crippen LogP contribution in [0, 0.1) is 11.3 Å². The lowest BCUT2D eigenvalue weighted by atomic mass is 10.3. The first kappa shape index (κ1) is 13.7. The van der Waals surface area contributed by atoms with Gasteiger partial charge in [-0.15, -0.1) is 0 Å². The highest BCUT2D eigenvalue weighted by atomic mass is 32.1. The molecule has 18 heavy (non-hydrogen) atoms. The first-order chi connectivity index (χ1) is 8.69. The van der Waals surface area contributed by atoms with Gasteiger partial charge in [-0.2, -0.15) is 5.26 Å². The van der Waals surface area contributed by atoms with Crippen molar-refractivity contribution >= 4 is 30.2 Å². The van der Waals surface area contributed by atoms with E-state index in [2.05, 4.69) is 28.2 Å². The number of carbonyl (C=O) groups excluding carboxylic acids is 1. The van der Waals surface area contributed by atoms with E-state index in [9.17, 15) is 4.79 Å². The zero-order chi connectivity index (χ0) is 13.4. The third kappa shape index (κ3) is 3.90. The number of rotatable bonds is 4. The summed E-state index contributed by atoms with van der Waals surface area (Å²) in [5, 5.41) is 14.3. The Morgan fingerprint density at radius 1 is 1.56 bits per heavy atom. The van der Waals surface area contributed by atoms with Crippen LogP contribution in [-0.2, 0) is 0 Å². The number of anilines is 1. The Morgan fingerprint density at radius 3 is 2.78 bits per heavy atom. The average Bonchev–Trinajstić information content (AvgIpc) is 2.39. The molecule has 0 heterocycles. The summed E-state index contributed by atoms with van der Waals surface area (Å²) >= 11 is 4.04. The molecule has 0 atom stereocenters. The number of urea groups is 1. The quantitative estimate of drug-likeness (QED) is 0.286. The van der Waals surface area contributed by atoms with E-state index in [1.165, 1.54) is 0 Å². The van der Waals surface area contributed by atoms with Crippen molar-refractivity contribution in [2.45, 2.75) is 6.42 Å². The molecule has 0 aromatic heterocycles. The van der Waals surface area contributed by atoms with Crippen LogP contribution in [0.4, 0.5) is 16.2 Å². The molecular weight excluding hydrogens is 252 g/mol. The van der Waals surface area contributed by atoms with Gasteiger partial charge in [0.15, 0.2) is 0 Å². The highest BCUT2D eigenvalue weighted by Crippen LogP contribution is 2.21. The summed E-state index contributed by atoms with van der Waals surface area (Å²) in [5.74, 6) is 0. The number of hydrogen-bond donors (Lipinski definition) is 2. The van der Waals surface area contributed by atoms with Crippen molar-refractivity contribution < 1.29 is 4.79 Å². The lowest BCUT2D eigenvalue weighted by Crippen LogP contribution is -2.34. The van der Waals surface area contributed by atoms with E-state index in [4.69, 9.17) is 10.8 Å². The maximum Gasteiger partial charge on any atom is 0.331 e. The highest BCUT2D eigenvalue weighted by Gasteiger charge is 2.10. The lowest BCUT2D eigenvalue weighted by molar-refractivity contribution is 0.250. The van der Waals surface area contributed by atoms with Gasteiger partial charge in [-0.25, -0.2) is 9.10 Å². The number of hydrogen-bond acceptors (Lipinski definition) is 4. The second-order valence-electron chi connectivity index (χ2n) is 3.16. The van der Waals surface area contributed by atoms with Gasteiger partial charge < -0.3 is 5.32 Å². The van der Waals surface area contributed by atoms with Crippen molar-refractivity contribution in [2.24, 2.45) is 5.11 Å². The van der Waals surface area contributed by atoms with Crippen LogP contribution in [0.2, 0.25) is 0 Å². The van der Waals surface area contributed by atoms with Crippen molar-refractivity contribution in [3.8, 4) is 6.07 Å². The molecule has 1 aromatic rings. The molecule has 0 spiro atoms. The van der Waals surface area contributed by atoms with E-state index in [0.29, 0.717) is 11.4 Å². The number of nitriles is 1. The Balaban J connectivity index is 2.66. The van der Waals surface area contributed by atoms with Gasteiger partial charge in [0.2, 0.25) is 0 Å². The minimum Gasteiger partial charge on any atom is -0.336 e. The molecule has 0 fully saturated rings. The van der Waals surface area contributed by atoms with E-state index in [-0.39, 0.29) is 13.0 Å². The first-order valence-electron chi connectivity index (χ1n) is 4.98. The SMILES string of the molecule is N#CCCNC(=O)N(S)c1ccc(N=[N+]=[N-])cc1. The number of benzene rings is 1. The maximum atomic E-state index is 11.6. The zero-order valence-corrected chi connectivity index (χ0v) is 10.2. The van der Waals surface area contributed by atoms with Gasteiger partial charge in [-0.05, 0) is 17.7 Å². The van der Waals surface area contributed by atoms with Gasteiger partial charge in [-0.1, -0.05) is 30.1 Å². The second-order valence-corrected chi connectivity index (χ2v) is 3.56. The van der Waals surface area contributed by atoms with Gasteiger partial charge in [0.25, 0.3) is 0 Å². The summed E-state index contributed by atoms with van der Waals surface area (Å²) in [6.07, 6.45) is 0.239. The fraction of sp³-hybridized carbons (Fsp3) is 0.200. The molecule has 1 rings (SSSR count). The topological polar surface area (TPSA) is 105 Å². The van der Waals surface area contributed by atoms with E-state index in [0.717, 1.165) is 4.31 Å². The maximum absolute atomic E-state index is 11.6. The van der Waals surface area contributed by atoms with Crippen molar-refractivity contribution in [2.75, 3.05) is 10.8 Å². The number of azide groups is 1. The lowest BCUT2D eigenvalue weighted by Gasteiger charge is -2.16. The van der Waals surface area contributed by atoms with Crippen LogP contribution in [0.1, 0.15) is 6.42 Å². The highest BCUT2D eigenvalue weighted by molar-refractivity contribution is 7.82. The van der Waals surface area contributed by atoms with Crippen LogP contribution >= 0.6 is 12.8 Å². The standard InChI is InChI=1S/C10H10N6OS/c11-6-1-7-13-10(17)16(18)9-4-2-8(3-5-9)14-15-12/h2-5,18H,1,7H2,(H,13,17). The molecule has 8 heteroatoms. The molecular formula is C10H10N6OS. The predicted octanol–water partition coefficient (Wildman–Crippen LogP) is 2.90. The fourth-order valence-electron chi connectivity index (χ4n) is 1.13. The molecule has 0 aliphatic heterocycles. The first-order valence-corrected chi connectivity index (χ1v) is 5.38. The van der Waals surface area contributed by atoms with Gasteiger partial charge in [0.1, 0.15) is 0 Å². The summed E-state index contributed by atoms with van der Waals surface area (Å²) in [6.45, 7) is 0.267. The van der Waals surface area contributed by atoms with E-state index in [1.807, 2.05) is 6.07 Å². The molecule has 1 N–H and O–H groups in total. The van der Waals surface area contributed by atoms with Gasteiger partial charge in [0, 0.05) is 17.1 Å². The van der Waals surface area contributed by atoms with Crippen LogP contribution in [0.25, 0.3) is 10.4 Å². The Hall–Kier alpha value is -2.36. The van der Waals surface area contributed by atoms with Crippen molar-refractivity contribution in [1.82, 2.24) is 5.32 Å². The van der Waals surface area contributed by atoms with Crippen LogP contribution in [0.3, 0.4) is 0 Å². The molecule has 0 saturated carbocycles. The molecule has 0 radical (unpaired) electrons. The Morgan fingerprint density at radius 2 is 2.22 bits per heavy atom. The number of nitrogens with one attached hydrogen (secondary N) is 1. The van der Waals surface area contributed by atoms with Gasteiger partial charge in [-0.3, -0.25) is 0 Å². The van der Waals surface area contributed by atoms with Gasteiger partial charge in [0.05, 0.1) is 18.2 Å². The Bertz CT molecular complexity index is 502. The zero-order valence-electron chi connectivity index (χ0n) is 9.32. The van der Waals surface area contributed by atoms with E-state index < -0.39 is 6.03 Å². The van der Waals surface area contributed by atoms with E-state index >= 15 is 0 Å². The van der Waals surface area contributed by atoms with Crippen LogP contribution < -0.4 is 9.62 Å². The van der Waals surface area contributed by atoms with Crippen LogP contribution in [-0.4, -0.2) is 12.6 Å². The summed E-state index contributed by atoms with van der Waals surface area (Å²) in [6, 6.07) is 7.83. The summed E-state index contributed by atoms with van der Waals surface area (Å²) in [4.78, 5) is 14.2. The average molecular weight is 262 g/mol. The van der Waals surface area contributed by atoms with Crippen LogP contribution in [0.5, 0.6) is 0 Å². The minimum atomic E-state index is -0.426. The molecule has 92 valence electrons. The molecule has 0 unspecified atom stereocenters. The third-order valence-electron chi connectivity index (χ3n) is 1.96. The number of thiol groups is 1. The van der Waals surface area contributed by atoms with Gasteiger partial charge >= 0.3 is 6.03 Å². The largest absolute Gasteiger partial charge is 0.336 e. The smallest absolute Gasteiger partial charge is 0.331 e. The second kappa shape index (κ2) is 7.06. The molecule has 0 saturated heterocycles. The molecule has 1 aromatic carbocycles. The fourth-order valence-corrected chi connectivity index (χ4v) is 1.33. The number of amides is 2. The third-order valence-corrected chi connectivity index (χ3v) is 2.37. The molecule has 0 bridgehead atoms. The van der Waals surface area contributed by atoms with Crippen molar-refractivity contribution in [1.29, 1.82) is 5.26 Å². The van der Waals surface area contributed by atoms with Crippen LogP contribution in [0.15, 0.2) is 29.4 Å². The van der Waals surface area contributed by atoms with Crippen molar-refractivity contribution in [3.05, 3.63) is 34.7 Å². The van der Waals surface area contributed by atoms with E-state index in [1.54, 1.807) is 24.3 Å². The number of nitrogens with zero attached hydrogens (tertiary/aromatic N) is 5. The minimum absolute atomic E-state index is 0.239. The normalized spacial score (nSPS) is 8.89. The summed E-state index contributed by atoms with van der Waals surface area (Å²) in [5.41, 5.74) is 9.23. The monoisotopic (exact) mass is 262 g/mol. The molecule has 7 nitrogen and oxygen atoms in total. The molecule has 2 amide bonds. The van der Waals surface area contributed by atoms with Crippen molar-refractivity contribution in [3.63, 3.8) is 0 Å². The number of carbonyl (C=O) groups is 1. The Kier molecular flexibility index (Phi) is 5.38.